The van der Waals surface area contributed by atoms with Gasteiger partial charge in [0.05, 0.1) is 7.14 Å². The molecule has 0 aliphatic carbocycles. The van der Waals surface area contributed by atoms with E-state index in [-0.39, 0.29) is 18.5 Å². The first kappa shape index (κ1) is 17.7. The van der Waals surface area contributed by atoms with Crippen molar-refractivity contribution in [2.45, 2.75) is 12.5 Å². The molecule has 0 fully saturated rings. The van der Waals surface area contributed by atoms with Crippen molar-refractivity contribution < 1.29 is 19.3 Å². The van der Waals surface area contributed by atoms with Gasteiger partial charge >= 0.3 is 5.97 Å². The van der Waals surface area contributed by atoms with Crippen LogP contribution in [-0.4, -0.2) is 47.9 Å². The first-order valence-corrected chi connectivity index (χ1v) is 9.62. The molecule has 116 valence electrons. The lowest BCUT2D eigenvalue weighted by Gasteiger charge is -2.17. The number of aliphatic carboxylic acids is 1. The highest BCUT2D eigenvalue weighted by atomic mass is 35.5. The van der Waals surface area contributed by atoms with Crippen molar-refractivity contribution >= 4 is 30.6 Å². The molecule has 1 aromatic carbocycles. The van der Waals surface area contributed by atoms with E-state index >= 15 is 0 Å². The maximum absolute atomic E-state index is 12.1. The predicted molar refractivity (Wildman–Crippen MR) is 83.9 cm³/mol. The smallest absolute Gasteiger partial charge is 0.326 e. The van der Waals surface area contributed by atoms with Crippen LogP contribution in [-0.2, 0) is 9.36 Å². The molecule has 5 nitrogen and oxygen atoms in total. The largest absolute Gasteiger partial charge is 0.480 e. The van der Waals surface area contributed by atoms with Crippen LogP contribution in [0, 0.1) is 0 Å². The monoisotopic (exact) mass is 331 g/mol. The third kappa shape index (κ3) is 6.32. The van der Waals surface area contributed by atoms with Crippen LogP contribution in [0.3, 0.4) is 0 Å². The van der Waals surface area contributed by atoms with Gasteiger partial charge in [-0.15, -0.1) is 11.6 Å². The molecule has 2 unspecified atom stereocenters. The molecular formula is C14H19ClNO4P. The zero-order valence-electron chi connectivity index (χ0n) is 11.8. The minimum absolute atomic E-state index is 0.124. The molecule has 1 rings (SSSR count). The highest BCUT2D eigenvalue weighted by Crippen LogP contribution is 2.41. The number of carboxylic acids is 1. The van der Waals surface area contributed by atoms with Gasteiger partial charge in [-0.3, -0.25) is 4.79 Å². The van der Waals surface area contributed by atoms with Crippen LogP contribution in [0.5, 0.6) is 0 Å². The Bertz CT molecular complexity index is 535. The van der Waals surface area contributed by atoms with Gasteiger partial charge in [-0.05, 0) is 25.2 Å². The molecule has 1 amide bonds. The molecule has 0 aliphatic heterocycles. The molecule has 2 atom stereocenters. The van der Waals surface area contributed by atoms with Gasteiger partial charge < -0.3 is 15.0 Å². The molecular weight excluding hydrogens is 313 g/mol. The minimum atomic E-state index is -2.45. The van der Waals surface area contributed by atoms with E-state index in [1.54, 1.807) is 37.0 Å². The normalized spacial score (nSPS) is 15.0. The van der Waals surface area contributed by atoms with E-state index in [9.17, 15) is 14.2 Å². The first-order valence-electron chi connectivity index (χ1n) is 6.56. The topological polar surface area (TPSA) is 83.5 Å². The summed E-state index contributed by atoms with van der Waals surface area (Å²) in [7, 11) is -2.45. The summed E-state index contributed by atoms with van der Waals surface area (Å²) in [4.78, 5) is 23.2. The number of carbonyl (C=O) groups excluding carboxylic acids is 1. The van der Waals surface area contributed by atoms with Crippen LogP contribution in [0.2, 0.25) is 0 Å². The Kier molecular flexibility index (Phi) is 6.93. The molecule has 0 radical (unpaired) electrons. The Morgan fingerprint density at radius 3 is 2.43 bits per heavy atom. The second-order valence-electron chi connectivity index (χ2n) is 4.95. The fraction of sp³-hybridized carbons (Fsp3) is 0.429. The summed E-state index contributed by atoms with van der Waals surface area (Å²) in [5, 5.41) is 11.6. The highest BCUT2D eigenvalue weighted by molar-refractivity contribution is 7.63. The zero-order valence-corrected chi connectivity index (χ0v) is 13.4. The number of benzene rings is 1. The third-order valence-corrected chi connectivity index (χ3v) is 5.91. The van der Waals surface area contributed by atoms with Crippen molar-refractivity contribution in [2.75, 3.05) is 24.9 Å². The number of alkyl halides is 1. The van der Waals surface area contributed by atoms with Crippen molar-refractivity contribution in [1.82, 2.24) is 5.32 Å². The van der Waals surface area contributed by atoms with E-state index in [0.29, 0.717) is 11.7 Å². The Morgan fingerprint density at radius 1 is 1.29 bits per heavy atom. The van der Waals surface area contributed by atoms with Crippen molar-refractivity contribution in [3.63, 3.8) is 0 Å². The Labute approximate surface area is 129 Å². The Balaban J connectivity index is 2.65. The molecule has 0 bridgehead atoms. The number of carbonyl (C=O) groups is 2. The van der Waals surface area contributed by atoms with E-state index in [1.807, 2.05) is 0 Å². The van der Waals surface area contributed by atoms with Crippen LogP contribution < -0.4 is 5.32 Å². The Hall–Kier alpha value is -1.32. The first-order chi connectivity index (χ1) is 9.85. The molecule has 0 spiro atoms. The molecule has 0 saturated carbocycles. The summed E-state index contributed by atoms with van der Waals surface area (Å²) in [6, 6.07) is 7.32. The van der Waals surface area contributed by atoms with E-state index in [1.165, 1.54) is 0 Å². The summed E-state index contributed by atoms with van der Waals surface area (Å²) in [6.07, 6.45) is 0.734. The van der Waals surface area contributed by atoms with Crippen LogP contribution in [0.4, 0.5) is 0 Å². The second-order valence-corrected chi connectivity index (χ2v) is 8.82. The van der Waals surface area contributed by atoms with Gasteiger partial charge in [0.25, 0.3) is 5.91 Å². The quantitative estimate of drug-likeness (QED) is 0.566. The lowest BCUT2D eigenvalue weighted by molar-refractivity contribution is -0.139. The second kappa shape index (κ2) is 8.20. The SMILES string of the molecule is CP(=O)(CCCl)CCC(NC(=O)c1ccccc1)C(=O)O. The number of carboxylic acid groups (broad SMARTS) is 1. The number of amides is 1. The van der Waals surface area contributed by atoms with Gasteiger partial charge in [0.1, 0.15) is 6.04 Å². The van der Waals surface area contributed by atoms with Gasteiger partial charge in [0.2, 0.25) is 0 Å². The summed E-state index contributed by atoms with van der Waals surface area (Å²) in [5.74, 6) is -1.31. The van der Waals surface area contributed by atoms with Gasteiger partial charge in [-0.25, -0.2) is 4.79 Å². The summed E-state index contributed by atoms with van der Waals surface area (Å²) in [5.41, 5.74) is 0.393. The van der Waals surface area contributed by atoms with Crippen molar-refractivity contribution in [3.05, 3.63) is 35.9 Å². The number of hydrogen-bond donors (Lipinski definition) is 2. The van der Waals surface area contributed by atoms with E-state index < -0.39 is 25.1 Å². The molecule has 0 aliphatic rings. The molecule has 0 saturated heterocycles. The maximum Gasteiger partial charge on any atom is 0.326 e. The van der Waals surface area contributed by atoms with Gasteiger partial charge in [-0.2, -0.15) is 0 Å². The standard InChI is InChI=1S/C14H19ClNO4P/c1-21(20,10-8-15)9-7-12(14(18)19)16-13(17)11-5-3-2-4-6-11/h2-6,12H,7-10H2,1H3,(H,16,17)(H,18,19). The number of nitrogens with one attached hydrogen (secondary N) is 1. The fourth-order valence-electron chi connectivity index (χ4n) is 1.78. The van der Waals surface area contributed by atoms with E-state index in [4.69, 9.17) is 16.7 Å². The van der Waals surface area contributed by atoms with Crippen molar-refractivity contribution in [3.8, 4) is 0 Å². The molecule has 0 aromatic heterocycles. The molecule has 2 N–H and O–H groups in total. The van der Waals surface area contributed by atoms with E-state index in [0.717, 1.165) is 0 Å². The summed E-state index contributed by atoms with van der Waals surface area (Å²) >= 11 is 5.57. The minimum Gasteiger partial charge on any atom is -0.480 e. The van der Waals surface area contributed by atoms with Gasteiger partial charge in [0.15, 0.2) is 0 Å². The average Bonchev–Trinajstić information content (AvgIpc) is 2.43. The zero-order chi connectivity index (χ0) is 15.9. The summed E-state index contributed by atoms with van der Waals surface area (Å²) < 4.78 is 12.1. The highest BCUT2D eigenvalue weighted by Gasteiger charge is 2.24. The average molecular weight is 332 g/mol. The van der Waals surface area contributed by atoms with Crippen molar-refractivity contribution in [1.29, 1.82) is 0 Å². The van der Waals surface area contributed by atoms with Crippen LogP contribution >= 0.6 is 18.7 Å². The molecule has 21 heavy (non-hydrogen) atoms. The summed E-state index contributed by atoms with van der Waals surface area (Å²) in [6.45, 7) is 1.60. The lowest BCUT2D eigenvalue weighted by atomic mass is 10.1. The number of halogens is 1. The molecule has 7 heteroatoms. The maximum atomic E-state index is 12.1. The van der Waals surface area contributed by atoms with Crippen LogP contribution in [0.1, 0.15) is 16.8 Å². The fourth-order valence-corrected chi connectivity index (χ4v) is 4.24. The molecule has 1 aromatic rings. The van der Waals surface area contributed by atoms with Crippen LogP contribution in [0.25, 0.3) is 0 Å². The molecule has 0 heterocycles. The van der Waals surface area contributed by atoms with Gasteiger partial charge in [0, 0.05) is 23.8 Å². The van der Waals surface area contributed by atoms with Gasteiger partial charge in [-0.1, -0.05) is 18.2 Å². The third-order valence-electron chi connectivity index (χ3n) is 3.09. The van der Waals surface area contributed by atoms with E-state index in [2.05, 4.69) is 5.32 Å². The van der Waals surface area contributed by atoms with Crippen LogP contribution in [0.15, 0.2) is 30.3 Å². The Morgan fingerprint density at radius 2 is 1.90 bits per heavy atom. The predicted octanol–water partition coefficient (Wildman–Crippen LogP) is 2.49. The van der Waals surface area contributed by atoms with Crippen molar-refractivity contribution in [2.24, 2.45) is 0 Å². The number of hydrogen-bond acceptors (Lipinski definition) is 3. The lowest BCUT2D eigenvalue weighted by Crippen LogP contribution is -2.41. The number of rotatable bonds is 8.